The van der Waals surface area contributed by atoms with E-state index in [2.05, 4.69) is 30.1 Å². The fourth-order valence-electron chi connectivity index (χ4n) is 3.08. The van der Waals surface area contributed by atoms with Gasteiger partial charge >= 0.3 is 6.03 Å². The van der Waals surface area contributed by atoms with Crippen LogP contribution >= 0.6 is 0 Å². The van der Waals surface area contributed by atoms with E-state index in [1.807, 2.05) is 18.2 Å². The van der Waals surface area contributed by atoms with Gasteiger partial charge in [-0.25, -0.2) is 19.7 Å². The van der Waals surface area contributed by atoms with Crippen LogP contribution in [0, 0.1) is 0 Å². The number of rotatable bonds is 3. The Labute approximate surface area is 156 Å². The number of aromatic nitrogens is 3. The number of pyridine rings is 1. The highest BCUT2D eigenvalue weighted by atomic mass is 16.2. The van der Waals surface area contributed by atoms with Crippen LogP contribution in [-0.4, -0.2) is 65.0 Å². The third-order valence-corrected chi connectivity index (χ3v) is 4.60. The van der Waals surface area contributed by atoms with E-state index in [0.717, 1.165) is 32.0 Å². The Morgan fingerprint density at radius 3 is 2.44 bits per heavy atom. The Hall–Kier alpha value is -3.49. The van der Waals surface area contributed by atoms with Crippen molar-refractivity contribution in [2.45, 2.75) is 0 Å². The van der Waals surface area contributed by atoms with E-state index in [0.29, 0.717) is 11.6 Å². The van der Waals surface area contributed by atoms with Crippen LogP contribution in [0.15, 0.2) is 42.4 Å². The average molecular weight is 365 g/mol. The maximum Gasteiger partial charge on any atom is 0.328 e. The molecule has 0 atom stereocenters. The second kappa shape index (κ2) is 7.02. The molecule has 0 radical (unpaired) electrons. The van der Waals surface area contributed by atoms with Gasteiger partial charge in [-0.05, 0) is 24.3 Å². The molecule has 4 heterocycles. The molecule has 138 valence electrons. The van der Waals surface area contributed by atoms with Crippen molar-refractivity contribution in [3.05, 3.63) is 48.1 Å². The number of amides is 3. The lowest BCUT2D eigenvalue weighted by Gasteiger charge is -2.35. The fourth-order valence-corrected chi connectivity index (χ4v) is 3.08. The van der Waals surface area contributed by atoms with E-state index < -0.39 is 11.9 Å². The van der Waals surface area contributed by atoms with Crippen molar-refractivity contribution in [1.29, 1.82) is 0 Å². The minimum absolute atomic E-state index is 0.268. The molecule has 1 N–H and O–H groups in total. The summed E-state index contributed by atoms with van der Waals surface area (Å²) in [5.74, 6) is 1.15. The third kappa shape index (κ3) is 3.43. The first-order chi connectivity index (χ1) is 13.1. The first-order valence-corrected chi connectivity index (χ1v) is 8.66. The molecule has 0 saturated carbocycles. The minimum atomic E-state index is -0.439. The standard InChI is InChI=1S/C18H19N7O2/c1-23-14(16(26)22-18(23)27)12-13-5-7-20-17(21-13)25-10-8-24(9-11-25)15-4-2-3-6-19-15/h2-7,12H,8-11H2,1H3,(H,22,26,27)/b14-12-. The Balaban J connectivity index is 1.48. The van der Waals surface area contributed by atoms with Crippen LogP contribution in [0.4, 0.5) is 16.6 Å². The van der Waals surface area contributed by atoms with Crippen molar-refractivity contribution < 1.29 is 9.59 Å². The van der Waals surface area contributed by atoms with Crippen molar-refractivity contribution >= 4 is 29.8 Å². The number of nitrogens with zero attached hydrogens (tertiary/aromatic N) is 6. The molecule has 9 heteroatoms. The van der Waals surface area contributed by atoms with Gasteiger partial charge in [-0.3, -0.25) is 15.0 Å². The number of nitrogens with one attached hydrogen (secondary N) is 1. The van der Waals surface area contributed by atoms with Gasteiger partial charge in [0.25, 0.3) is 5.91 Å². The number of carbonyl (C=O) groups is 2. The summed E-state index contributed by atoms with van der Waals surface area (Å²) in [6, 6.07) is 7.17. The SMILES string of the molecule is CN1C(=O)NC(=O)/C1=C/c1ccnc(N2CCN(c3ccccn3)CC2)n1. The normalized spacial score (nSPS) is 19.0. The van der Waals surface area contributed by atoms with E-state index in [1.165, 1.54) is 4.90 Å². The molecule has 0 unspecified atom stereocenters. The van der Waals surface area contributed by atoms with Crippen molar-refractivity contribution in [2.75, 3.05) is 43.0 Å². The van der Waals surface area contributed by atoms with Crippen LogP contribution in [0.2, 0.25) is 0 Å². The van der Waals surface area contributed by atoms with Gasteiger partial charge in [0.1, 0.15) is 11.5 Å². The zero-order valence-corrected chi connectivity index (χ0v) is 14.9. The monoisotopic (exact) mass is 365 g/mol. The lowest BCUT2D eigenvalue weighted by atomic mass is 10.3. The third-order valence-electron chi connectivity index (χ3n) is 4.60. The Kier molecular flexibility index (Phi) is 4.41. The largest absolute Gasteiger partial charge is 0.353 e. The summed E-state index contributed by atoms with van der Waals surface area (Å²) >= 11 is 0. The molecule has 0 bridgehead atoms. The van der Waals surface area contributed by atoms with Crippen LogP contribution in [0.25, 0.3) is 6.08 Å². The molecule has 2 aromatic rings. The number of piperazine rings is 1. The molecule has 2 aromatic heterocycles. The molecular weight excluding hydrogens is 346 g/mol. The molecule has 0 aromatic carbocycles. The molecule has 2 fully saturated rings. The highest BCUT2D eigenvalue weighted by molar-refractivity contribution is 6.13. The van der Waals surface area contributed by atoms with Gasteiger partial charge in [-0.15, -0.1) is 0 Å². The molecular formula is C18H19N7O2. The van der Waals surface area contributed by atoms with Crippen LogP contribution in [0.1, 0.15) is 5.69 Å². The number of hydrogen-bond donors (Lipinski definition) is 1. The lowest BCUT2D eigenvalue weighted by molar-refractivity contribution is -0.115. The van der Waals surface area contributed by atoms with Crippen LogP contribution in [0.5, 0.6) is 0 Å². The van der Waals surface area contributed by atoms with E-state index in [1.54, 1.807) is 31.6 Å². The predicted octanol–water partition coefficient (Wildman–Crippen LogP) is 0.721. The number of urea groups is 1. The number of likely N-dealkylation sites (N-methyl/N-ethyl adjacent to an activating group) is 1. The maximum absolute atomic E-state index is 11.8. The van der Waals surface area contributed by atoms with Crippen LogP contribution in [-0.2, 0) is 4.79 Å². The van der Waals surface area contributed by atoms with Gasteiger partial charge in [-0.2, -0.15) is 0 Å². The Bertz CT molecular complexity index is 892. The number of anilines is 2. The van der Waals surface area contributed by atoms with E-state index >= 15 is 0 Å². The quantitative estimate of drug-likeness (QED) is 0.633. The van der Waals surface area contributed by atoms with E-state index in [-0.39, 0.29) is 5.70 Å². The van der Waals surface area contributed by atoms with Crippen molar-refractivity contribution in [1.82, 2.24) is 25.2 Å². The highest BCUT2D eigenvalue weighted by Gasteiger charge is 2.30. The van der Waals surface area contributed by atoms with Crippen LogP contribution < -0.4 is 15.1 Å². The van der Waals surface area contributed by atoms with Gasteiger partial charge < -0.3 is 9.80 Å². The van der Waals surface area contributed by atoms with E-state index in [4.69, 9.17) is 0 Å². The summed E-state index contributed by atoms with van der Waals surface area (Å²) in [5.41, 5.74) is 0.850. The van der Waals surface area contributed by atoms with Crippen molar-refractivity contribution in [3.8, 4) is 0 Å². The van der Waals surface area contributed by atoms with Crippen molar-refractivity contribution in [3.63, 3.8) is 0 Å². The molecule has 2 aliphatic rings. The van der Waals surface area contributed by atoms with Gasteiger partial charge in [0.2, 0.25) is 5.95 Å². The fraction of sp³-hybridized carbons (Fsp3) is 0.278. The van der Waals surface area contributed by atoms with Gasteiger partial charge in [-0.1, -0.05) is 6.07 Å². The second-order valence-electron chi connectivity index (χ2n) is 6.29. The summed E-state index contributed by atoms with van der Waals surface area (Å²) in [6.07, 6.45) is 5.05. The maximum atomic E-state index is 11.8. The van der Waals surface area contributed by atoms with Crippen molar-refractivity contribution in [2.24, 2.45) is 0 Å². The summed E-state index contributed by atoms with van der Waals surface area (Å²) in [4.78, 5) is 42.3. The summed E-state index contributed by atoms with van der Waals surface area (Å²) < 4.78 is 0. The smallest absolute Gasteiger partial charge is 0.328 e. The average Bonchev–Trinajstić information content (AvgIpc) is 2.95. The topological polar surface area (TPSA) is 94.6 Å². The molecule has 3 amide bonds. The van der Waals surface area contributed by atoms with E-state index in [9.17, 15) is 9.59 Å². The molecule has 0 spiro atoms. The van der Waals surface area contributed by atoms with Gasteiger partial charge in [0.05, 0.1) is 5.69 Å². The minimum Gasteiger partial charge on any atom is -0.353 e. The molecule has 4 rings (SSSR count). The predicted molar refractivity (Wildman–Crippen MR) is 100.0 cm³/mol. The molecule has 9 nitrogen and oxygen atoms in total. The van der Waals surface area contributed by atoms with Gasteiger partial charge in [0.15, 0.2) is 0 Å². The zero-order valence-electron chi connectivity index (χ0n) is 14.9. The second-order valence-corrected chi connectivity index (χ2v) is 6.29. The highest BCUT2D eigenvalue weighted by Crippen LogP contribution is 2.18. The molecule has 0 aliphatic carbocycles. The first-order valence-electron chi connectivity index (χ1n) is 8.66. The molecule has 27 heavy (non-hydrogen) atoms. The lowest BCUT2D eigenvalue weighted by Crippen LogP contribution is -2.47. The number of imide groups is 1. The summed E-state index contributed by atoms with van der Waals surface area (Å²) in [5, 5.41) is 2.25. The van der Waals surface area contributed by atoms with Crippen LogP contribution in [0.3, 0.4) is 0 Å². The van der Waals surface area contributed by atoms with Gasteiger partial charge in [0, 0.05) is 45.6 Å². The Morgan fingerprint density at radius 1 is 1.00 bits per heavy atom. The first kappa shape index (κ1) is 17.0. The zero-order chi connectivity index (χ0) is 18.8. The molecule has 2 aliphatic heterocycles. The Morgan fingerprint density at radius 2 is 1.78 bits per heavy atom. The number of hydrogen-bond acceptors (Lipinski definition) is 7. The summed E-state index contributed by atoms with van der Waals surface area (Å²) in [6.45, 7) is 3.20. The summed E-state index contributed by atoms with van der Waals surface area (Å²) in [7, 11) is 1.55. The molecule has 2 saturated heterocycles. The number of carbonyl (C=O) groups excluding carboxylic acids is 2.